The Balaban J connectivity index is 2.14. The summed E-state index contributed by atoms with van der Waals surface area (Å²) in [6.07, 6.45) is 5.10. The van der Waals surface area contributed by atoms with Crippen LogP contribution in [0, 0.1) is 25.2 Å². The number of carboxylic acid groups (broad SMARTS) is 1. The first kappa shape index (κ1) is 27.0. The molecule has 3 rings (SSSR count). The fourth-order valence-electron chi connectivity index (χ4n) is 4.96. The van der Waals surface area contributed by atoms with Gasteiger partial charge in [-0.05, 0) is 61.6 Å². The van der Waals surface area contributed by atoms with E-state index in [0.29, 0.717) is 16.8 Å². The number of anilines is 1. The first-order valence-electron chi connectivity index (χ1n) is 12.3. The number of carbonyl (C=O) groups is 1. The number of aromatic nitrogens is 1. The van der Waals surface area contributed by atoms with Gasteiger partial charge in [-0.2, -0.15) is 0 Å². The van der Waals surface area contributed by atoms with E-state index in [-0.39, 0.29) is 29.2 Å². The number of hydrogen-bond acceptors (Lipinski definition) is 4. The van der Waals surface area contributed by atoms with Crippen LogP contribution in [-0.2, 0) is 14.8 Å². The smallest absolute Gasteiger partial charge is 0.326 e. The second kappa shape index (κ2) is 10.6. The van der Waals surface area contributed by atoms with E-state index in [9.17, 15) is 23.1 Å². The maximum atomic E-state index is 13.8. The molecule has 0 bridgehead atoms. The lowest BCUT2D eigenvalue weighted by atomic mass is 9.87. The van der Waals surface area contributed by atoms with Gasteiger partial charge in [0.25, 0.3) is 5.56 Å². The van der Waals surface area contributed by atoms with E-state index in [1.54, 1.807) is 6.92 Å². The summed E-state index contributed by atoms with van der Waals surface area (Å²) < 4.78 is 29.8. The summed E-state index contributed by atoms with van der Waals surface area (Å²) in [6, 6.07) is 7.91. The Morgan fingerprint density at radius 3 is 2.26 bits per heavy atom. The minimum atomic E-state index is -3.77. The zero-order chi connectivity index (χ0) is 26.0. The van der Waals surface area contributed by atoms with E-state index >= 15 is 0 Å². The summed E-state index contributed by atoms with van der Waals surface area (Å²) in [5.74, 6) is -1.09. The number of nitrogens with zero attached hydrogens (tertiary/aromatic N) is 1. The van der Waals surface area contributed by atoms with Crippen LogP contribution in [0.15, 0.2) is 35.1 Å². The van der Waals surface area contributed by atoms with Gasteiger partial charge < -0.3 is 5.11 Å². The largest absolute Gasteiger partial charge is 0.480 e. The number of carboxylic acids is 1. The summed E-state index contributed by atoms with van der Waals surface area (Å²) in [4.78, 5) is 26.2. The van der Waals surface area contributed by atoms with Crippen molar-refractivity contribution in [3.63, 3.8) is 0 Å². The molecule has 1 aliphatic rings. The van der Waals surface area contributed by atoms with E-state index in [4.69, 9.17) is 0 Å². The van der Waals surface area contributed by atoms with Gasteiger partial charge >= 0.3 is 5.97 Å². The van der Waals surface area contributed by atoms with Crippen molar-refractivity contribution in [2.75, 3.05) is 10.5 Å². The molecular weight excluding hydrogens is 464 g/mol. The predicted octanol–water partition coefficient (Wildman–Crippen LogP) is 5.52. The van der Waals surface area contributed by atoms with Gasteiger partial charge in [0.1, 0.15) is 11.7 Å². The molecule has 2 N–H and O–H groups in total. The van der Waals surface area contributed by atoms with Gasteiger partial charge in [0.15, 0.2) is 0 Å². The Hall–Kier alpha value is -2.61. The summed E-state index contributed by atoms with van der Waals surface area (Å²) >= 11 is 0. The summed E-state index contributed by atoms with van der Waals surface area (Å²) in [7, 11) is -3.77. The SMILES string of the molecule is Cc1ccc(-c2c(C)cc(NS(=O)(=O)CC3CCCCC3)c(=O)n2C(CC(C)(C)C)C(=O)O)cc1. The van der Waals surface area contributed by atoms with Crippen LogP contribution in [-0.4, -0.2) is 29.8 Å². The Kier molecular flexibility index (Phi) is 8.14. The van der Waals surface area contributed by atoms with Gasteiger partial charge in [-0.1, -0.05) is 69.9 Å². The fraction of sp³-hybridized carbons (Fsp3) is 0.556. The van der Waals surface area contributed by atoms with Crippen LogP contribution >= 0.6 is 0 Å². The molecule has 1 atom stereocenters. The topological polar surface area (TPSA) is 105 Å². The standard InChI is InChI=1S/C27H38N2O5S/c1-18-11-13-21(14-12-18)24-19(2)15-22(28-35(33,34)17-20-9-7-6-8-10-20)25(30)29(24)23(26(31)32)16-27(3,4)5/h11-15,20,23,28H,6-10,16-17H2,1-5H3,(H,31,32). The van der Waals surface area contributed by atoms with Gasteiger partial charge in [0.2, 0.25) is 10.0 Å². The number of benzene rings is 1. The number of pyridine rings is 1. The van der Waals surface area contributed by atoms with E-state index in [0.717, 1.165) is 37.7 Å². The van der Waals surface area contributed by atoms with Crippen molar-refractivity contribution >= 4 is 21.7 Å². The molecule has 0 spiro atoms. The summed E-state index contributed by atoms with van der Waals surface area (Å²) in [6.45, 7) is 9.49. The lowest BCUT2D eigenvalue weighted by Gasteiger charge is -2.28. The molecule has 192 valence electrons. The number of rotatable bonds is 8. The van der Waals surface area contributed by atoms with Gasteiger partial charge in [0, 0.05) is 0 Å². The highest BCUT2D eigenvalue weighted by Crippen LogP contribution is 2.33. The van der Waals surface area contributed by atoms with E-state index in [2.05, 4.69) is 4.72 Å². The van der Waals surface area contributed by atoms with Crippen molar-refractivity contribution in [1.29, 1.82) is 0 Å². The highest BCUT2D eigenvalue weighted by molar-refractivity contribution is 7.92. The minimum absolute atomic E-state index is 0.0322. The van der Waals surface area contributed by atoms with Crippen LogP contribution in [0.25, 0.3) is 11.3 Å². The van der Waals surface area contributed by atoms with Gasteiger partial charge in [-0.15, -0.1) is 0 Å². The Labute approximate surface area is 208 Å². The third kappa shape index (κ3) is 6.97. The molecule has 1 fully saturated rings. The number of nitrogens with one attached hydrogen (secondary N) is 1. The van der Waals surface area contributed by atoms with E-state index in [1.165, 1.54) is 10.6 Å². The highest BCUT2D eigenvalue weighted by atomic mass is 32.2. The summed E-state index contributed by atoms with van der Waals surface area (Å²) in [5.41, 5.74) is 1.74. The van der Waals surface area contributed by atoms with Crippen molar-refractivity contribution < 1.29 is 18.3 Å². The number of hydrogen-bond donors (Lipinski definition) is 2. The lowest BCUT2D eigenvalue weighted by molar-refractivity contribution is -0.141. The molecule has 1 aromatic heterocycles. The molecule has 2 aromatic rings. The van der Waals surface area contributed by atoms with Crippen LogP contribution in [0.1, 0.15) is 76.5 Å². The zero-order valence-electron chi connectivity index (χ0n) is 21.4. The van der Waals surface area contributed by atoms with Crippen LogP contribution in [0.2, 0.25) is 0 Å². The normalized spacial score (nSPS) is 16.1. The van der Waals surface area contributed by atoms with Gasteiger partial charge in [-0.3, -0.25) is 14.1 Å². The Morgan fingerprint density at radius 2 is 1.71 bits per heavy atom. The average molecular weight is 503 g/mol. The van der Waals surface area contributed by atoms with Crippen molar-refractivity contribution in [2.24, 2.45) is 11.3 Å². The Morgan fingerprint density at radius 1 is 1.11 bits per heavy atom. The monoisotopic (exact) mass is 502 g/mol. The van der Waals surface area contributed by atoms with Crippen molar-refractivity contribution in [2.45, 2.75) is 79.2 Å². The number of sulfonamides is 1. The van der Waals surface area contributed by atoms with Crippen molar-refractivity contribution in [3.05, 3.63) is 51.8 Å². The quantitative estimate of drug-likeness (QED) is 0.495. The van der Waals surface area contributed by atoms with Crippen molar-refractivity contribution in [1.82, 2.24) is 4.57 Å². The van der Waals surface area contributed by atoms with Gasteiger partial charge in [-0.25, -0.2) is 13.2 Å². The third-order valence-corrected chi connectivity index (χ3v) is 8.04. The van der Waals surface area contributed by atoms with E-state index in [1.807, 2.05) is 52.0 Å². The molecule has 1 saturated carbocycles. The molecule has 8 heteroatoms. The Bertz CT molecular complexity index is 1220. The molecule has 1 aliphatic carbocycles. The zero-order valence-corrected chi connectivity index (χ0v) is 22.2. The minimum Gasteiger partial charge on any atom is -0.480 e. The third-order valence-electron chi connectivity index (χ3n) is 6.60. The lowest BCUT2D eigenvalue weighted by Crippen LogP contribution is -2.36. The molecule has 7 nitrogen and oxygen atoms in total. The van der Waals surface area contributed by atoms with Crippen LogP contribution < -0.4 is 10.3 Å². The number of aliphatic carboxylic acids is 1. The molecule has 0 saturated heterocycles. The predicted molar refractivity (Wildman–Crippen MR) is 140 cm³/mol. The molecule has 0 amide bonds. The molecule has 1 aromatic carbocycles. The van der Waals surface area contributed by atoms with Crippen LogP contribution in [0.5, 0.6) is 0 Å². The first-order valence-corrected chi connectivity index (χ1v) is 14.0. The van der Waals surface area contributed by atoms with E-state index < -0.39 is 27.6 Å². The maximum absolute atomic E-state index is 13.8. The molecule has 1 unspecified atom stereocenters. The van der Waals surface area contributed by atoms with Gasteiger partial charge in [0.05, 0.1) is 11.4 Å². The molecule has 35 heavy (non-hydrogen) atoms. The molecule has 0 radical (unpaired) electrons. The fourth-order valence-corrected chi connectivity index (χ4v) is 6.48. The highest BCUT2D eigenvalue weighted by Gasteiger charge is 2.31. The summed E-state index contributed by atoms with van der Waals surface area (Å²) in [5, 5.41) is 10.2. The molecule has 0 aliphatic heterocycles. The second-order valence-corrected chi connectivity index (χ2v) is 12.9. The first-order chi connectivity index (χ1) is 16.3. The second-order valence-electron chi connectivity index (χ2n) is 11.1. The van der Waals surface area contributed by atoms with Crippen molar-refractivity contribution in [3.8, 4) is 11.3 Å². The average Bonchev–Trinajstić information content (AvgIpc) is 2.74. The maximum Gasteiger partial charge on any atom is 0.326 e. The molecular formula is C27H38N2O5S. The molecule has 1 heterocycles. The number of aryl methyl sites for hydroxylation is 2. The van der Waals surface area contributed by atoms with Crippen LogP contribution in [0.3, 0.4) is 0 Å². The van der Waals surface area contributed by atoms with Crippen LogP contribution in [0.4, 0.5) is 5.69 Å².